The standard InChI is InChI=1S/C12H21N3/c1-4-6-14-12-7-10(3)15-9-11(12)8-13-5-2/h7,9,13H,4-6,8H2,1-3H3,(H,14,15). The van der Waals surface area contributed by atoms with Crippen molar-refractivity contribution >= 4 is 5.69 Å². The number of aromatic nitrogens is 1. The third-order valence-corrected chi connectivity index (χ3v) is 2.25. The van der Waals surface area contributed by atoms with Crippen LogP contribution in [0.4, 0.5) is 5.69 Å². The molecule has 3 nitrogen and oxygen atoms in total. The van der Waals surface area contributed by atoms with Crippen LogP contribution in [0.25, 0.3) is 0 Å². The first kappa shape index (κ1) is 12.0. The summed E-state index contributed by atoms with van der Waals surface area (Å²) < 4.78 is 0. The van der Waals surface area contributed by atoms with E-state index in [1.165, 1.54) is 11.3 Å². The van der Waals surface area contributed by atoms with E-state index in [-0.39, 0.29) is 0 Å². The molecule has 0 unspecified atom stereocenters. The van der Waals surface area contributed by atoms with Gasteiger partial charge in [0.15, 0.2) is 0 Å². The van der Waals surface area contributed by atoms with Crippen molar-refractivity contribution in [3.8, 4) is 0 Å². The number of aryl methyl sites for hydroxylation is 1. The molecule has 0 aliphatic rings. The van der Waals surface area contributed by atoms with Crippen molar-refractivity contribution in [2.75, 3.05) is 18.4 Å². The first-order valence-corrected chi connectivity index (χ1v) is 5.68. The monoisotopic (exact) mass is 207 g/mol. The van der Waals surface area contributed by atoms with Crippen molar-refractivity contribution in [3.05, 3.63) is 23.5 Å². The lowest BCUT2D eigenvalue weighted by atomic mass is 10.2. The predicted octanol–water partition coefficient (Wildman–Crippen LogP) is 2.32. The Labute approximate surface area is 92.3 Å². The highest BCUT2D eigenvalue weighted by Gasteiger charge is 2.02. The summed E-state index contributed by atoms with van der Waals surface area (Å²) in [4.78, 5) is 4.32. The maximum absolute atomic E-state index is 4.32. The Morgan fingerprint density at radius 3 is 2.80 bits per heavy atom. The van der Waals surface area contributed by atoms with E-state index in [0.29, 0.717) is 0 Å². The maximum Gasteiger partial charge on any atom is 0.0419 e. The molecular formula is C12H21N3. The van der Waals surface area contributed by atoms with E-state index in [0.717, 1.165) is 31.7 Å². The number of hydrogen-bond acceptors (Lipinski definition) is 3. The van der Waals surface area contributed by atoms with Crippen molar-refractivity contribution < 1.29 is 0 Å². The van der Waals surface area contributed by atoms with Gasteiger partial charge in [-0.2, -0.15) is 0 Å². The van der Waals surface area contributed by atoms with Gasteiger partial charge in [-0.25, -0.2) is 0 Å². The van der Waals surface area contributed by atoms with Crippen molar-refractivity contribution in [1.29, 1.82) is 0 Å². The number of pyridine rings is 1. The lowest BCUT2D eigenvalue weighted by Crippen LogP contribution is -2.14. The third kappa shape index (κ3) is 3.88. The van der Waals surface area contributed by atoms with Gasteiger partial charge in [0.1, 0.15) is 0 Å². The molecule has 1 rings (SSSR count). The molecule has 3 heteroatoms. The zero-order valence-corrected chi connectivity index (χ0v) is 9.93. The molecule has 0 aromatic carbocycles. The molecule has 0 saturated heterocycles. The van der Waals surface area contributed by atoms with E-state index < -0.39 is 0 Å². The van der Waals surface area contributed by atoms with E-state index in [2.05, 4.69) is 35.5 Å². The predicted molar refractivity (Wildman–Crippen MR) is 65.1 cm³/mol. The molecule has 0 aliphatic heterocycles. The van der Waals surface area contributed by atoms with Crippen molar-refractivity contribution in [3.63, 3.8) is 0 Å². The lowest BCUT2D eigenvalue weighted by molar-refractivity contribution is 0.724. The second kappa shape index (κ2) is 6.40. The Bertz CT molecular complexity index is 297. The van der Waals surface area contributed by atoms with Crippen LogP contribution in [0.2, 0.25) is 0 Å². The van der Waals surface area contributed by atoms with Gasteiger partial charge >= 0.3 is 0 Å². The Morgan fingerprint density at radius 1 is 1.33 bits per heavy atom. The largest absolute Gasteiger partial charge is 0.385 e. The SMILES string of the molecule is CCCNc1cc(C)ncc1CNCC. The fourth-order valence-corrected chi connectivity index (χ4v) is 1.41. The Morgan fingerprint density at radius 2 is 2.13 bits per heavy atom. The summed E-state index contributed by atoms with van der Waals surface area (Å²) in [5.74, 6) is 0. The van der Waals surface area contributed by atoms with Gasteiger partial charge in [-0.05, 0) is 26.0 Å². The molecule has 1 heterocycles. The third-order valence-electron chi connectivity index (χ3n) is 2.25. The highest BCUT2D eigenvalue weighted by molar-refractivity contribution is 5.50. The summed E-state index contributed by atoms with van der Waals surface area (Å²) in [5, 5.41) is 6.75. The van der Waals surface area contributed by atoms with Gasteiger partial charge in [0.2, 0.25) is 0 Å². The van der Waals surface area contributed by atoms with Crippen LogP contribution in [0.1, 0.15) is 31.5 Å². The van der Waals surface area contributed by atoms with E-state index in [1.54, 1.807) is 0 Å². The molecule has 0 saturated carbocycles. The zero-order chi connectivity index (χ0) is 11.1. The van der Waals surface area contributed by atoms with Crippen molar-refractivity contribution in [2.24, 2.45) is 0 Å². The first-order chi connectivity index (χ1) is 7.27. The van der Waals surface area contributed by atoms with Gasteiger partial charge in [-0.15, -0.1) is 0 Å². The number of rotatable bonds is 6. The average Bonchev–Trinajstić information content (AvgIpc) is 2.25. The van der Waals surface area contributed by atoms with Gasteiger partial charge in [-0.1, -0.05) is 13.8 Å². The number of anilines is 1. The van der Waals surface area contributed by atoms with E-state index in [4.69, 9.17) is 0 Å². The Kier molecular flexibility index (Phi) is 5.12. The maximum atomic E-state index is 4.32. The highest BCUT2D eigenvalue weighted by atomic mass is 14.9. The molecule has 0 atom stereocenters. The Balaban J connectivity index is 2.73. The summed E-state index contributed by atoms with van der Waals surface area (Å²) in [7, 11) is 0. The molecule has 2 N–H and O–H groups in total. The minimum absolute atomic E-state index is 0.885. The second-order valence-electron chi connectivity index (χ2n) is 3.69. The topological polar surface area (TPSA) is 37.0 Å². The van der Waals surface area contributed by atoms with Crippen LogP contribution in [0.3, 0.4) is 0 Å². The molecule has 0 bridgehead atoms. The van der Waals surface area contributed by atoms with Gasteiger partial charge in [0.05, 0.1) is 0 Å². The summed E-state index contributed by atoms with van der Waals surface area (Å²) in [6.07, 6.45) is 3.10. The highest BCUT2D eigenvalue weighted by Crippen LogP contribution is 2.15. The average molecular weight is 207 g/mol. The number of hydrogen-bond donors (Lipinski definition) is 2. The van der Waals surface area contributed by atoms with Crippen LogP contribution >= 0.6 is 0 Å². The van der Waals surface area contributed by atoms with Gasteiger partial charge in [0, 0.05) is 36.2 Å². The van der Waals surface area contributed by atoms with Crippen molar-refractivity contribution in [1.82, 2.24) is 10.3 Å². The molecule has 1 aromatic heterocycles. The normalized spacial score (nSPS) is 10.3. The molecule has 0 radical (unpaired) electrons. The smallest absolute Gasteiger partial charge is 0.0419 e. The summed E-state index contributed by atoms with van der Waals surface area (Å²) in [5.41, 5.74) is 3.52. The molecule has 0 spiro atoms. The van der Waals surface area contributed by atoms with Gasteiger partial charge in [0.25, 0.3) is 0 Å². The summed E-state index contributed by atoms with van der Waals surface area (Å²) >= 11 is 0. The zero-order valence-electron chi connectivity index (χ0n) is 9.93. The minimum atomic E-state index is 0.885. The van der Waals surface area contributed by atoms with Crippen LogP contribution in [0.15, 0.2) is 12.3 Å². The van der Waals surface area contributed by atoms with Crippen LogP contribution < -0.4 is 10.6 Å². The minimum Gasteiger partial charge on any atom is -0.385 e. The van der Waals surface area contributed by atoms with Crippen LogP contribution in [0.5, 0.6) is 0 Å². The molecule has 15 heavy (non-hydrogen) atoms. The molecule has 84 valence electrons. The van der Waals surface area contributed by atoms with Crippen LogP contribution in [-0.4, -0.2) is 18.1 Å². The number of nitrogens with one attached hydrogen (secondary N) is 2. The molecule has 0 fully saturated rings. The van der Waals surface area contributed by atoms with E-state index >= 15 is 0 Å². The molecular weight excluding hydrogens is 186 g/mol. The molecule has 0 amide bonds. The lowest BCUT2D eigenvalue weighted by Gasteiger charge is -2.12. The van der Waals surface area contributed by atoms with Crippen LogP contribution in [0, 0.1) is 6.92 Å². The van der Waals surface area contributed by atoms with Gasteiger partial charge in [-0.3, -0.25) is 4.98 Å². The first-order valence-electron chi connectivity index (χ1n) is 5.68. The van der Waals surface area contributed by atoms with E-state index in [9.17, 15) is 0 Å². The summed E-state index contributed by atoms with van der Waals surface area (Å²) in [6, 6.07) is 2.11. The van der Waals surface area contributed by atoms with Crippen molar-refractivity contribution in [2.45, 2.75) is 33.7 Å². The Hall–Kier alpha value is -1.09. The molecule has 0 aliphatic carbocycles. The van der Waals surface area contributed by atoms with Gasteiger partial charge < -0.3 is 10.6 Å². The second-order valence-corrected chi connectivity index (χ2v) is 3.69. The fraction of sp³-hybridized carbons (Fsp3) is 0.583. The molecule has 1 aromatic rings. The van der Waals surface area contributed by atoms with Crippen LogP contribution in [-0.2, 0) is 6.54 Å². The quantitative estimate of drug-likeness (QED) is 0.751. The van der Waals surface area contributed by atoms with E-state index in [1.807, 2.05) is 13.1 Å². The number of nitrogens with zero attached hydrogens (tertiary/aromatic N) is 1. The summed E-state index contributed by atoms with van der Waals surface area (Å²) in [6.45, 7) is 9.19. The fourth-order valence-electron chi connectivity index (χ4n) is 1.41.